The first kappa shape index (κ1) is 13.6. The minimum atomic E-state index is 0.394. The molecule has 0 fully saturated rings. The maximum Gasteiger partial charge on any atom is 0.238 e. The first-order valence-electron chi connectivity index (χ1n) is 6.13. The number of methoxy groups -OCH3 is 1. The molecular formula is C13H23N3O. The minimum absolute atomic E-state index is 0.394. The fourth-order valence-electron chi connectivity index (χ4n) is 1.78. The van der Waals surface area contributed by atoms with Crippen LogP contribution in [0.25, 0.3) is 0 Å². The predicted octanol–water partition coefficient (Wildman–Crippen LogP) is 2.91. The van der Waals surface area contributed by atoms with Gasteiger partial charge in [-0.2, -0.15) is 4.98 Å². The van der Waals surface area contributed by atoms with Crippen molar-refractivity contribution in [3.8, 4) is 5.88 Å². The molecule has 1 heterocycles. The molecule has 0 bridgehead atoms. The van der Waals surface area contributed by atoms with E-state index in [-0.39, 0.29) is 0 Å². The van der Waals surface area contributed by atoms with E-state index in [2.05, 4.69) is 31.1 Å². The third-order valence-electron chi connectivity index (χ3n) is 2.93. The number of anilines is 2. The number of hydrogen-bond acceptors (Lipinski definition) is 4. The van der Waals surface area contributed by atoms with Gasteiger partial charge in [-0.1, -0.05) is 20.3 Å². The fourth-order valence-corrected chi connectivity index (χ4v) is 1.78. The molecular weight excluding hydrogens is 214 g/mol. The van der Waals surface area contributed by atoms with Gasteiger partial charge in [-0.25, -0.2) is 0 Å². The summed E-state index contributed by atoms with van der Waals surface area (Å²) in [6, 6.07) is 4.08. The zero-order chi connectivity index (χ0) is 12.8. The molecule has 0 radical (unpaired) electrons. The molecule has 0 aliphatic heterocycles. The Hall–Kier alpha value is -1.45. The molecule has 4 heteroatoms. The van der Waals surface area contributed by atoms with Gasteiger partial charge in [-0.15, -0.1) is 0 Å². The smallest absolute Gasteiger partial charge is 0.238 e. The van der Waals surface area contributed by atoms with Gasteiger partial charge in [-0.3, -0.25) is 0 Å². The van der Waals surface area contributed by atoms with Gasteiger partial charge < -0.3 is 15.8 Å². The summed E-state index contributed by atoms with van der Waals surface area (Å²) in [6.07, 6.45) is 2.33. The van der Waals surface area contributed by atoms with Crippen molar-refractivity contribution in [1.82, 2.24) is 4.98 Å². The molecule has 0 saturated heterocycles. The predicted molar refractivity (Wildman–Crippen MR) is 72.4 cm³/mol. The quantitative estimate of drug-likeness (QED) is 0.798. The molecule has 0 aliphatic carbocycles. The molecule has 0 aromatic carbocycles. The highest BCUT2D eigenvalue weighted by atomic mass is 16.5. The Kier molecular flexibility index (Phi) is 5.07. The van der Waals surface area contributed by atoms with Crippen LogP contribution in [0.5, 0.6) is 5.88 Å². The van der Waals surface area contributed by atoms with Gasteiger partial charge in [-0.05, 0) is 31.4 Å². The highest BCUT2D eigenvalue weighted by Gasteiger charge is 2.09. The van der Waals surface area contributed by atoms with Gasteiger partial charge in [0.1, 0.15) is 5.82 Å². The van der Waals surface area contributed by atoms with E-state index in [1.54, 1.807) is 7.11 Å². The molecule has 1 rings (SSSR count). The Bertz CT molecular complexity index is 355. The molecule has 17 heavy (non-hydrogen) atoms. The van der Waals surface area contributed by atoms with Crippen molar-refractivity contribution in [2.24, 2.45) is 5.92 Å². The zero-order valence-corrected chi connectivity index (χ0v) is 11.2. The lowest BCUT2D eigenvalue weighted by Crippen LogP contribution is -2.19. The molecule has 96 valence electrons. The van der Waals surface area contributed by atoms with Crippen molar-refractivity contribution < 1.29 is 4.74 Å². The zero-order valence-electron chi connectivity index (χ0n) is 11.2. The van der Waals surface area contributed by atoms with Crippen LogP contribution in [0.1, 0.15) is 33.6 Å². The number of aromatic nitrogens is 1. The van der Waals surface area contributed by atoms with Crippen LogP contribution in [0.4, 0.5) is 11.5 Å². The molecule has 3 N–H and O–H groups in total. The van der Waals surface area contributed by atoms with Crippen LogP contribution in [-0.4, -0.2) is 18.1 Å². The van der Waals surface area contributed by atoms with Crippen LogP contribution in [0.2, 0.25) is 0 Å². The lowest BCUT2D eigenvalue weighted by Gasteiger charge is -2.18. The summed E-state index contributed by atoms with van der Waals surface area (Å²) in [4.78, 5) is 4.31. The Morgan fingerprint density at radius 1 is 1.41 bits per heavy atom. The Labute approximate surface area is 104 Å². The summed E-state index contributed by atoms with van der Waals surface area (Å²) < 4.78 is 5.09. The highest BCUT2D eigenvalue weighted by molar-refractivity contribution is 5.53. The van der Waals surface area contributed by atoms with Gasteiger partial charge >= 0.3 is 0 Å². The molecule has 0 saturated carbocycles. The van der Waals surface area contributed by atoms with Gasteiger partial charge in [0.2, 0.25) is 5.88 Å². The minimum Gasteiger partial charge on any atom is -0.479 e. The van der Waals surface area contributed by atoms with Crippen molar-refractivity contribution in [2.75, 3.05) is 18.2 Å². The summed E-state index contributed by atoms with van der Waals surface area (Å²) >= 11 is 0. The summed E-state index contributed by atoms with van der Waals surface area (Å²) in [5.41, 5.74) is 6.28. The van der Waals surface area contributed by atoms with Gasteiger partial charge in [0, 0.05) is 6.04 Å². The molecule has 0 amide bonds. The van der Waals surface area contributed by atoms with E-state index < -0.39 is 0 Å². The molecule has 2 unspecified atom stereocenters. The number of ether oxygens (including phenoxy) is 1. The Morgan fingerprint density at radius 3 is 2.71 bits per heavy atom. The summed E-state index contributed by atoms with van der Waals surface area (Å²) in [6.45, 7) is 6.63. The average Bonchev–Trinajstić information content (AvgIpc) is 2.31. The second kappa shape index (κ2) is 6.33. The number of pyridine rings is 1. The van der Waals surface area contributed by atoms with Crippen LogP contribution < -0.4 is 15.8 Å². The first-order chi connectivity index (χ1) is 8.06. The van der Waals surface area contributed by atoms with Crippen molar-refractivity contribution >= 4 is 11.5 Å². The maximum absolute atomic E-state index is 5.72. The van der Waals surface area contributed by atoms with Crippen molar-refractivity contribution in [1.29, 1.82) is 0 Å². The first-order valence-corrected chi connectivity index (χ1v) is 6.13. The van der Waals surface area contributed by atoms with Crippen molar-refractivity contribution in [2.45, 2.75) is 39.7 Å². The summed E-state index contributed by atoms with van der Waals surface area (Å²) in [5, 5.41) is 3.36. The van der Waals surface area contributed by atoms with Gasteiger partial charge in [0.25, 0.3) is 0 Å². The molecule has 4 nitrogen and oxygen atoms in total. The Morgan fingerprint density at radius 2 is 2.12 bits per heavy atom. The largest absolute Gasteiger partial charge is 0.479 e. The van der Waals surface area contributed by atoms with Crippen LogP contribution in [0, 0.1) is 5.92 Å². The third-order valence-corrected chi connectivity index (χ3v) is 2.93. The maximum atomic E-state index is 5.72. The second-order valence-electron chi connectivity index (χ2n) is 4.59. The number of nitrogen functional groups attached to an aromatic ring is 1. The van der Waals surface area contributed by atoms with Gasteiger partial charge in [0.05, 0.1) is 12.8 Å². The van der Waals surface area contributed by atoms with Crippen molar-refractivity contribution in [3.05, 3.63) is 12.1 Å². The summed E-state index contributed by atoms with van der Waals surface area (Å²) in [7, 11) is 1.57. The normalized spacial score (nSPS) is 14.1. The number of rotatable bonds is 6. The number of hydrogen-bond donors (Lipinski definition) is 2. The monoisotopic (exact) mass is 237 g/mol. The van der Waals surface area contributed by atoms with E-state index >= 15 is 0 Å². The summed E-state index contributed by atoms with van der Waals surface area (Å²) in [5.74, 6) is 2.01. The third kappa shape index (κ3) is 4.13. The number of nitrogens with one attached hydrogen (secondary N) is 1. The van der Waals surface area contributed by atoms with Crippen LogP contribution in [0.15, 0.2) is 12.1 Å². The van der Waals surface area contributed by atoms with E-state index in [1.165, 1.54) is 6.42 Å². The molecule has 0 spiro atoms. The molecule has 1 aromatic heterocycles. The van der Waals surface area contributed by atoms with E-state index in [1.807, 2.05) is 12.1 Å². The second-order valence-corrected chi connectivity index (χ2v) is 4.59. The molecule has 0 aliphatic rings. The topological polar surface area (TPSA) is 60.2 Å². The van der Waals surface area contributed by atoms with Crippen LogP contribution >= 0.6 is 0 Å². The van der Waals surface area contributed by atoms with E-state index in [0.29, 0.717) is 23.5 Å². The van der Waals surface area contributed by atoms with Gasteiger partial charge in [0.15, 0.2) is 0 Å². The van der Waals surface area contributed by atoms with Crippen molar-refractivity contribution in [3.63, 3.8) is 0 Å². The van der Waals surface area contributed by atoms with Crippen LogP contribution in [-0.2, 0) is 0 Å². The van der Waals surface area contributed by atoms with Crippen LogP contribution in [0.3, 0.4) is 0 Å². The lowest BCUT2D eigenvalue weighted by molar-refractivity contribution is 0.400. The van der Waals surface area contributed by atoms with E-state index in [9.17, 15) is 0 Å². The average molecular weight is 237 g/mol. The van der Waals surface area contributed by atoms with E-state index in [4.69, 9.17) is 10.5 Å². The number of nitrogens with zero attached hydrogens (tertiary/aromatic N) is 1. The molecule has 1 aromatic rings. The standard InChI is InChI=1S/C13H23N3O/c1-5-9(2)8-10(3)15-12-7-6-11(14)13(16-12)17-4/h6-7,9-10H,5,8,14H2,1-4H3,(H,15,16). The fraction of sp³-hybridized carbons (Fsp3) is 0.615. The molecule has 2 atom stereocenters. The Balaban J connectivity index is 2.62. The van der Waals surface area contributed by atoms with E-state index in [0.717, 1.165) is 12.2 Å². The lowest BCUT2D eigenvalue weighted by atomic mass is 10.0. The number of nitrogens with two attached hydrogens (primary N) is 1. The highest BCUT2D eigenvalue weighted by Crippen LogP contribution is 2.21. The SMILES string of the molecule is CCC(C)CC(C)Nc1ccc(N)c(OC)n1.